The Balaban J connectivity index is 1.75. The highest BCUT2D eigenvalue weighted by atomic mass is 16.5. The quantitative estimate of drug-likeness (QED) is 0.704. The molecule has 0 aromatic carbocycles. The van der Waals surface area contributed by atoms with Crippen LogP contribution in [0.15, 0.2) is 0 Å². The molecule has 0 spiro atoms. The molecule has 0 bridgehead atoms. The Labute approximate surface area is 113 Å². The Morgan fingerprint density at radius 1 is 1.16 bits per heavy atom. The fourth-order valence-electron chi connectivity index (χ4n) is 3.56. The van der Waals surface area contributed by atoms with Crippen molar-refractivity contribution in [2.45, 2.75) is 57.2 Å². The first-order chi connectivity index (χ1) is 9.16. The fourth-order valence-corrected chi connectivity index (χ4v) is 3.56. The predicted octanol–water partition coefficient (Wildman–Crippen LogP) is 0.777. The molecule has 106 valence electrons. The highest BCUT2D eigenvalue weighted by Crippen LogP contribution is 2.27. The van der Waals surface area contributed by atoms with Crippen LogP contribution in [0.2, 0.25) is 0 Å². The zero-order valence-electron chi connectivity index (χ0n) is 11.5. The minimum Gasteiger partial charge on any atom is -0.378 e. The van der Waals surface area contributed by atoms with E-state index in [4.69, 9.17) is 4.74 Å². The predicted molar refractivity (Wildman–Crippen MR) is 69.5 cm³/mol. The van der Waals surface area contributed by atoms with Crippen LogP contribution in [0, 0.1) is 0 Å². The number of ether oxygens (including phenoxy) is 1. The Bertz CT molecular complexity index is 385. The van der Waals surface area contributed by atoms with Crippen molar-refractivity contribution in [1.29, 1.82) is 0 Å². The topological polar surface area (TPSA) is 49.9 Å². The minimum absolute atomic E-state index is 0.128. The SMILES string of the molecule is CC1CC(N2CC(=O)N3CCCCC3C2=O)CCO1. The smallest absolute Gasteiger partial charge is 0.246 e. The molecule has 3 heterocycles. The van der Waals surface area contributed by atoms with Crippen molar-refractivity contribution in [3.05, 3.63) is 0 Å². The van der Waals surface area contributed by atoms with E-state index in [1.807, 2.05) is 11.8 Å². The molecule has 3 aliphatic heterocycles. The third-order valence-corrected chi connectivity index (χ3v) is 4.60. The van der Waals surface area contributed by atoms with Gasteiger partial charge in [-0.05, 0) is 39.0 Å². The highest BCUT2D eigenvalue weighted by Gasteiger charge is 2.43. The number of hydrogen-bond donors (Lipinski definition) is 0. The lowest BCUT2D eigenvalue weighted by atomic mass is 9.95. The van der Waals surface area contributed by atoms with Crippen molar-refractivity contribution in [2.24, 2.45) is 0 Å². The van der Waals surface area contributed by atoms with Crippen LogP contribution >= 0.6 is 0 Å². The Morgan fingerprint density at radius 3 is 2.79 bits per heavy atom. The molecule has 2 amide bonds. The minimum atomic E-state index is -0.187. The van der Waals surface area contributed by atoms with Gasteiger partial charge in [-0.1, -0.05) is 0 Å². The third kappa shape index (κ3) is 2.36. The first kappa shape index (κ1) is 12.9. The van der Waals surface area contributed by atoms with Gasteiger partial charge in [-0.3, -0.25) is 9.59 Å². The summed E-state index contributed by atoms with van der Waals surface area (Å²) in [6.45, 7) is 3.76. The van der Waals surface area contributed by atoms with Crippen LogP contribution in [0.5, 0.6) is 0 Å². The van der Waals surface area contributed by atoms with Gasteiger partial charge < -0.3 is 14.5 Å². The highest BCUT2D eigenvalue weighted by molar-refractivity contribution is 5.95. The van der Waals surface area contributed by atoms with Crippen molar-refractivity contribution >= 4 is 11.8 Å². The number of piperazine rings is 1. The van der Waals surface area contributed by atoms with E-state index in [1.54, 1.807) is 4.90 Å². The molecule has 0 radical (unpaired) electrons. The average Bonchev–Trinajstić information content (AvgIpc) is 2.43. The summed E-state index contributed by atoms with van der Waals surface area (Å²) >= 11 is 0. The van der Waals surface area contributed by atoms with Crippen molar-refractivity contribution in [3.8, 4) is 0 Å². The zero-order chi connectivity index (χ0) is 13.4. The molecule has 0 saturated carbocycles. The molecular weight excluding hydrogens is 244 g/mol. The van der Waals surface area contributed by atoms with E-state index in [0.29, 0.717) is 6.61 Å². The first-order valence-electron chi connectivity index (χ1n) is 7.38. The van der Waals surface area contributed by atoms with Crippen LogP contribution in [-0.4, -0.2) is 59.5 Å². The molecule has 3 aliphatic rings. The summed E-state index contributed by atoms with van der Waals surface area (Å²) in [7, 11) is 0. The van der Waals surface area contributed by atoms with Crippen LogP contribution in [0.1, 0.15) is 39.0 Å². The molecular formula is C14H22N2O3. The number of hydrogen-bond acceptors (Lipinski definition) is 3. The maximum Gasteiger partial charge on any atom is 0.246 e. The summed E-state index contributed by atoms with van der Waals surface area (Å²) < 4.78 is 5.53. The van der Waals surface area contributed by atoms with Gasteiger partial charge in [-0.25, -0.2) is 0 Å². The maximum atomic E-state index is 12.6. The van der Waals surface area contributed by atoms with E-state index in [0.717, 1.165) is 38.6 Å². The molecule has 0 aliphatic carbocycles. The van der Waals surface area contributed by atoms with Crippen LogP contribution in [0.4, 0.5) is 0 Å². The average molecular weight is 266 g/mol. The zero-order valence-corrected chi connectivity index (χ0v) is 11.5. The van der Waals surface area contributed by atoms with Crippen LogP contribution in [-0.2, 0) is 14.3 Å². The Morgan fingerprint density at radius 2 is 2.00 bits per heavy atom. The molecule has 3 rings (SSSR count). The Kier molecular flexibility index (Phi) is 3.48. The second-order valence-electron chi connectivity index (χ2n) is 5.92. The maximum absolute atomic E-state index is 12.6. The third-order valence-electron chi connectivity index (χ3n) is 4.60. The number of fused-ring (bicyclic) bond motifs is 1. The molecule has 5 heteroatoms. The van der Waals surface area contributed by atoms with Gasteiger partial charge in [0.05, 0.1) is 6.10 Å². The van der Waals surface area contributed by atoms with Gasteiger partial charge in [-0.15, -0.1) is 0 Å². The van der Waals surface area contributed by atoms with Crippen molar-refractivity contribution in [3.63, 3.8) is 0 Å². The summed E-state index contributed by atoms with van der Waals surface area (Å²) in [5, 5.41) is 0. The van der Waals surface area contributed by atoms with Gasteiger partial charge in [-0.2, -0.15) is 0 Å². The van der Waals surface area contributed by atoms with Crippen LogP contribution in [0.25, 0.3) is 0 Å². The van der Waals surface area contributed by atoms with Crippen molar-refractivity contribution in [1.82, 2.24) is 9.80 Å². The van der Waals surface area contributed by atoms with Crippen LogP contribution < -0.4 is 0 Å². The van der Waals surface area contributed by atoms with Gasteiger partial charge in [0.1, 0.15) is 12.6 Å². The van der Waals surface area contributed by atoms with Crippen molar-refractivity contribution in [2.75, 3.05) is 19.7 Å². The van der Waals surface area contributed by atoms with E-state index in [2.05, 4.69) is 0 Å². The summed E-state index contributed by atoms with van der Waals surface area (Å²) in [6.07, 6.45) is 4.81. The van der Waals surface area contributed by atoms with Gasteiger partial charge >= 0.3 is 0 Å². The second kappa shape index (κ2) is 5.12. The van der Waals surface area contributed by atoms with E-state index in [1.165, 1.54) is 0 Å². The molecule has 0 aromatic heterocycles. The Hall–Kier alpha value is -1.10. The number of amides is 2. The van der Waals surface area contributed by atoms with E-state index in [9.17, 15) is 9.59 Å². The molecule has 3 atom stereocenters. The van der Waals surface area contributed by atoms with E-state index >= 15 is 0 Å². The molecule has 5 nitrogen and oxygen atoms in total. The number of carbonyl (C=O) groups excluding carboxylic acids is 2. The molecule has 3 fully saturated rings. The monoisotopic (exact) mass is 266 g/mol. The molecule has 0 N–H and O–H groups in total. The van der Waals surface area contributed by atoms with Gasteiger partial charge in [0.25, 0.3) is 0 Å². The van der Waals surface area contributed by atoms with Gasteiger partial charge in [0.2, 0.25) is 11.8 Å². The van der Waals surface area contributed by atoms with Crippen molar-refractivity contribution < 1.29 is 14.3 Å². The number of nitrogens with zero attached hydrogens (tertiary/aromatic N) is 2. The summed E-state index contributed by atoms with van der Waals surface area (Å²) in [5.74, 6) is 0.293. The number of rotatable bonds is 1. The fraction of sp³-hybridized carbons (Fsp3) is 0.857. The summed E-state index contributed by atoms with van der Waals surface area (Å²) in [5.41, 5.74) is 0. The number of piperidine rings is 1. The largest absolute Gasteiger partial charge is 0.378 e. The summed E-state index contributed by atoms with van der Waals surface area (Å²) in [4.78, 5) is 28.4. The second-order valence-corrected chi connectivity index (χ2v) is 5.92. The van der Waals surface area contributed by atoms with Crippen LogP contribution in [0.3, 0.4) is 0 Å². The lowest BCUT2D eigenvalue weighted by Crippen LogP contribution is -2.64. The van der Waals surface area contributed by atoms with Gasteiger partial charge in [0.15, 0.2) is 0 Å². The molecule has 0 aromatic rings. The lowest BCUT2D eigenvalue weighted by molar-refractivity contribution is -0.162. The standard InChI is InChI=1S/C14H22N2O3/c1-10-8-11(5-7-19-10)16-9-13(17)15-6-3-2-4-12(15)14(16)18/h10-12H,2-9H2,1H3. The van der Waals surface area contributed by atoms with Gasteiger partial charge in [0, 0.05) is 19.2 Å². The molecule has 3 saturated heterocycles. The van der Waals surface area contributed by atoms with E-state index < -0.39 is 0 Å². The van der Waals surface area contributed by atoms with E-state index in [-0.39, 0.29) is 36.5 Å². The first-order valence-corrected chi connectivity index (χ1v) is 7.38. The summed E-state index contributed by atoms with van der Waals surface area (Å²) in [6, 6.07) is -0.00238. The lowest BCUT2D eigenvalue weighted by Gasteiger charge is -2.46. The molecule has 19 heavy (non-hydrogen) atoms. The normalized spacial score (nSPS) is 36.4. The molecule has 3 unspecified atom stereocenters. The number of carbonyl (C=O) groups is 2.